The van der Waals surface area contributed by atoms with E-state index in [2.05, 4.69) is 22.1 Å². The highest BCUT2D eigenvalue weighted by atomic mass is 16.2. The van der Waals surface area contributed by atoms with E-state index in [1.165, 1.54) is 0 Å². The van der Waals surface area contributed by atoms with Gasteiger partial charge in [-0.25, -0.2) is 0 Å². The van der Waals surface area contributed by atoms with Gasteiger partial charge in [-0.05, 0) is 44.4 Å². The molecular formula is C17H24N4O. The third-order valence-electron chi connectivity index (χ3n) is 4.25. The fourth-order valence-corrected chi connectivity index (χ4v) is 2.83. The molecule has 2 atom stereocenters. The molecule has 5 nitrogen and oxygen atoms in total. The Morgan fingerprint density at radius 1 is 1.32 bits per heavy atom. The van der Waals surface area contributed by atoms with Crippen molar-refractivity contribution in [1.82, 2.24) is 20.1 Å². The van der Waals surface area contributed by atoms with Crippen LogP contribution in [0, 0.1) is 13.8 Å². The molecule has 2 aromatic rings. The monoisotopic (exact) mass is 300 g/mol. The van der Waals surface area contributed by atoms with Crippen molar-refractivity contribution in [3.8, 4) is 0 Å². The summed E-state index contributed by atoms with van der Waals surface area (Å²) in [6.45, 7) is 8.04. The van der Waals surface area contributed by atoms with Gasteiger partial charge in [-0.3, -0.25) is 14.9 Å². The Balaban J connectivity index is 2.05. The van der Waals surface area contributed by atoms with Crippen LogP contribution < -0.4 is 0 Å². The first-order valence-electron chi connectivity index (χ1n) is 7.59. The number of amides is 1. The lowest BCUT2D eigenvalue weighted by atomic mass is 9.95. The average molecular weight is 300 g/mol. The summed E-state index contributed by atoms with van der Waals surface area (Å²) in [6, 6.07) is 5.73. The topological polar surface area (TPSA) is 61.9 Å². The second-order valence-electron chi connectivity index (χ2n) is 5.89. The predicted molar refractivity (Wildman–Crippen MR) is 86.5 cm³/mol. The van der Waals surface area contributed by atoms with Gasteiger partial charge in [-0.2, -0.15) is 5.10 Å². The molecule has 5 heteroatoms. The van der Waals surface area contributed by atoms with E-state index in [0.29, 0.717) is 6.42 Å². The van der Waals surface area contributed by atoms with Crippen molar-refractivity contribution >= 4 is 5.91 Å². The van der Waals surface area contributed by atoms with Crippen molar-refractivity contribution < 1.29 is 4.79 Å². The predicted octanol–water partition coefficient (Wildman–Crippen LogP) is 3.13. The van der Waals surface area contributed by atoms with Gasteiger partial charge in [0.2, 0.25) is 5.91 Å². The minimum absolute atomic E-state index is 0.0348. The van der Waals surface area contributed by atoms with E-state index >= 15 is 0 Å². The minimum atomic E-state index is -0.0348. The molecule has 0 radical (unpaired) electrons. The van der Waals surface area contributed by atoms with Gasteiger partial charge in [0.25, 0.3) is 0 Å². The zero-order valence-electron chi connectivity index (χ0n) is 13.9. The van der Waals surface area contributed by atoms with E-state index in [9.17, 15) is 4.79 Å². The first-order valence-corrected chi connectivity index (χ1v) is 7.59. The van der Waals surface area contributed by atoms with Crippen molar-refractivity contribution in [2.75, 3.05) is 7.05 Å². The minimum Gasteiger partial charge on any atom is -0.337 e. The Kier molecular flexibility index (Phi) is 4.96. The van der Waals surface area contributed by atoms with E-state index in [1.54, 1.807) is 11.1 Å². The third kappa shape index (κ3) is 3.35. The Bertz CT molecular complexity index is 616. The highest BCUT2D eigenvalue weighted by molar-refractivity contribution is 5.77. The van der Waals surface area contributed by atoms with Gasteiger partial charge in [-0.15, -0.1) is 0 Å². The fourth-order valence-electron chi connectivity index (χ4n) is 2.83. The number of nitrogens with zero attached hydrogens (tertiary/aromatic N) is 3. The van der Waals surface area contributed by atoms with Gasteiger partial charge >= 0.3 is 0 Å². The first-order chi connectivity index (χ1) is 10.4. The lowest BCUT2D eigenvalue weighted by Gasteiger charge is -2.26. The van der Waals surface area contributed by atoms with Gasteiger partial charge in [0.05, 0.1) is 17.4 Å². The van der Waals surface area contributed by atoms with Gasteiger partial charge in [0.1, 0.15) is 0 Å². The van der Waals surface area contributed by atoms with Crippen molar-refractivity contribution in [3.05, 3.63) is 47.0 Å². The average Bonchev–Trinajstić information content (AvgIpc) is 2.85. The molecule has 1 amide bonds. The molecule has 0 aliphatic rings. The normalized spacial score (nSPS) is 13.7. The second kappa shape index (κ2) is 6.73. The molecule has 0 fully saturated rings. The third-order valence-corrected chi connectivity index (χ3v) is 4.25. The summed E-state index contributed by atoms with van der Waals surface area (Å²) in [5, 5.41) is 7.20. The standard InChI is InChI=1S/C17H24N4O/c1-11(17-12(2)19-20-13(17)3)10-16(22)21(5)14(4)15-8-6-7-9-18-15/h6-9,11,14H,10H2,1-5H3,(H,19,20). The lowest BCUT2D eigenvalue weighted by molar-refractivity contribution is -0.132. The van der Waals surface area contributed by atoms with E-state index in [0.717, 1.165) is 22.6 Å². The molecule has 2 rings (SSSR count). The molecule has 2 heterocycles. The van der Waals surface area contributed by atoms with Crippen molar-refractivity contribution in [2.45, 2.75) is 46.1 Å². The van der Waals surface area contributed by atoms with Crippen LogP contribution in [0.3, 0.4) is 0 Å². The number of H-pyrrole nitrogens is 1. The van der Waals surface area contributed by atoms with Crippen LogP contribution in [0.1, 0.15) is 54.9 Å². The number of nitrogens with one attached hydrogen (secondary N) is 1. The van der Waals surface area contributed by atoms with Crippen LogP contribution in [0.2, 0.25) is 0 Å². The number of aromatic amines is 1. The van der Waals surface area contributed by atoms with Gasteiger partial charge < -0.3 is 4.90 Å². The molecule has 2 unspecified atom stereocenters. The SMILES string of the molecule is Cc1n[nH]c(C)c1C(C)CC(=O)N(C)C(C)c1ccccn1. The Hall–Kier alpha value is -2.17. The smallest absolute Gasteiger partial charge is 0.223 e. The number of carbonyl (C=O) groups is 1. The molecule has 0 bridgehead atoms. The van der Waals surface area contributed by atoms with Crippen molar-refractivity contribution in [1.29, 1.82) is 0 Å². The highest BCUT2D eigenvalue weighted by Crippen LogP contribution is 2.26. The summed E-state index contributed by atoms with van der Waals surface area (Å²) < 4.78 is 0. The van der Waals surface area contributed by atoms with Crippen molar-refractivity contribution in [2.24, 2.45) is 0 Å². The maximum atomic E-state index is 12.6. The molecule has 0 spiro atoms. The number of pyridine rings is 1. The molecule has 118 valence electrons. The molecule has 0 aromatic carbocycles. The molecular weight excluding hydrogens is 276 g/mol. The van der Waals surface area contributed by atoms with Gasteiger partial charge in [0, 0.05) is 25.4 Å². The van der Waals surface area contributed by atoms with E-state index in [-0.39, 0.29) is 17.9 Å². The van der Waals surface area contributed by atoms with E-state index in [1.807, 2.05) is 46.0 Å². The van der Waals surface area contributed by atoms with E-state index in [4.69, 9.17) is 0 Å². The Morgan fingerprint density at radius 2 is 2.05 bits per heavy atom. The molecule has 22 heavy (non-hydrogen) atoms. The number of aryl methyl sites for hydroxylation is 2. The quantitative estimate of drug-likeness (QED) is 0.922. The largest absolute Gasteiger partial charge is 0.337 e. The molecule has 1 N–H and O–H groups in total. The molecule has 0 saturated carbocycles. The molecule has 0 saturated heterocycles. The second-order valence-corrected chi connectivity index (χ2v) is 5.89. The van der Waals surface area contributed by atoms with Gasteiger partial charge in [0.15, 0.2) is 0 Å². The number of carbonyl (C=O) groups excluding carboxylic acids is 1. The Labute approximate surface area is 131 Å². The molecule has 0 aliphatic heterocycles. The van der Waals surface area contributed by atoms with Crippen LogP contribution in [0.5, 0.6) is 0 Å². The number of rotatable bonds is 5. The maximum absolute atomic E-state index is 12.6. The maximum Gasteiger partial charge on any atom is 0.223 e. The highest BCUT2D eigenvalue weighted by Gasteiger charge is 2.23. The molecule has 0 aliphatic carbocycles. The first kappa shape index (κ1) is 16.2. The van der Waals surface area contributed by atoms with Crippen LogP contribution >= 0.6 is 0 Å². The van der Waals surface area contributed by atoms with Gasteiger partial charge in [-0.1, -0.05) is 13.0 Å². The summed E-state index contributed by atoms with van der Waals surface area (Å²) in [4.78, 5) is 18.7. The number of hydrogen-bond acceptors (Lipinski definition) is 3. The summed E-state index contributed by atoms with van der Waals surface area (Å²) in [5.41, 5.74) is 4.06. The summed E-state index contributed by atoms with van der Waals surface area (Å²) in [5.74, 6) is 0.260. The lowest BCUT2D eigenvalue weighted by Crippen LogP contribution is -2.31. The van der Waals surface area contributed by atoms with Crippen LogP contribution in [-0.2, 0) is 4.79 Å². The summed E-state index contributed by atoms with van der Waals surface area (Å²) in [6.07, 6.45) is 2.22. The van der Waals surface area contributed by atoms with Crippen LogP contribution in [0.25, 0.3) is 0 Å². The molecule has 2 aromatic heterocycles. The van der Waals surface area contributed by atoms with Crippen molar-refractivity contribution in [3.63, 3.8) is 0 Å². The fraction of sp³-hybridized carbons (Fsp3) is 0.471. The van der Waals surface area contributed by atoms with E-state index < -0.39 is 0 Å². The summed E-state index contributed by atoms with van der Waals surface area (Å²) >= 11 is 0. The number of hydrogen-bond donors (Lipinski definition) is 1. The Morgan fingerprint density at radius 3 is 2.59 bits per heavy atom. The zero-order chi connectivity index (χ0) is 16.3. The number of aromatic nitrogens is 3. The zero-order valence-corrected chi connectivity index (χ0v) is 13.9. The van der Waals surface area contributed by atoms with Crippen LogP contribution in [0.4, 0.5) is 0 Å². The van der Waals surface area contributed by atoms with Crippen LogP contribution in [0.15, 0.2) is 24.4 Å². The summed E-state index contributed by atoms with van der Waals surface area (Å²) in [7, 11) is 1.84. The van der Waals surface area contributed by atoms with Crippen LogP contribution in [-0.4, -0.2) is 33.0 Å².